The van der Waals surface area contributed by atoms with Gasteiger partial charge in [-0.1, -0.05) is 76.7 Å². The zero-order chi connectivity index (χ0) is 19.2. The van der Waals surface area contributed by atoms with Gasteiger partial charge in [0.2, 0.25) is 0 Å². The Morgan fingerprint density at radius 3 is 2.30 bits per heavy atom. The summed E-state index contributed by atoms with van der Waals surface area (Å²) in [5.74, 6) is 2.87. The Hall–Kier alpha value is -1.24. The number of aryl methyl sites for hydroxylation is 1. The molecule has 0 amide bonds. The molecule has 0 saturated heterocycles. The van der Waals surface area contributed by atoms with E-state index in [1.807, 2.05) is 0 Å². The van der Waals surface area contributed by atoms with Gasteiger partial charge in [0, 0.05) is 0 Å². The highest BCUT2D eigenvalue weighted by Gasteiger charge is 2.18. The lowest BCUT2D eigenvalue weighted by molar-refractivity contribution is 0.289. The van der Waals surface area contributed by atoms with E-state index >= 15 is 0 Å². The molecule has 1 fully saturated rings. The third-order valence-electron chi connectivity index (χ3n) is 6.06. The van der Waals surface area contributed by atoms with Gasteiger partial charge >= 0.3 is 0 Å². The van der Waals surface area contributed by atoms with Gasteiger partial charge in [-0.05, 0) is 74.5 Å². The van der Waals surface area contributed by atoms with E-state index in [1.165, 1.54) is 69.8 Å². The van der Waals surface area contributed by atoms with E-state index in [-0.39, 0.29) is 0 Å². The van der Waals surface area contributed by atoms with Gasteiger partial charge in [-0.2, -0.15) is 0 Å². The van der Waals surface area contributed by atoms with Gasteiger partial charge in [0.15, 0.2) is 0 Å². The summed E-state index contributed by atoms with van der Waals surface area (Å²) in [6.07, 6.45) is 22.3. The predicted octanol–water partition coefficient (Wildman–Crippen LogP) is 8.13. The molecule has 0 atom stereocenters. The number of allylic oxidation sites excluding steroid dienone is 2. The van der Waals surface area contributed by atoms with Crippen molar-refractivity contribution in [2.24, 2.45) is 11.8 Å². The molecule has 0 aromatic heterocycles. The molecule has 27 heavy (non-hydrogen) atoms. The van der Waals surface area contributed by atoms with Crippen LogP contribution in [0.15, 0.2) is 36.4 Å². The molecule has 0 heterocycles. The predicted molar refractivity (Wildman–Crippen MR) is 119 cm³/mol. The molecule has 152 valence electrons. The summed E-state index contributed by atoms with van der Waals surface area (Å²) >= 11 is 0. The van der Waals surface area contributed by atoms with Crippen molar-refractivity contribution in [1.29, 1.82) is 0 Å². The molecule has 1 nitrogen and oxygen atoms in total. The lowest BCUT2D eigenvalue weighted by Crippen LogP contribution is -2.13. The van der Waals surface area contributed by atoms with Crippen molar-refractivity contribution in [1.82, 2.24) is 0 Å². The first-order chi connectivity index (χ1) is 13.3. The van der Waals surface area contributed by atoms with Crippen molar-refractivity contribution in [3.05, 3.63) is 42.0 Å². The first-order valence-electron chi connectivity index (χ1n) is 11.7. The Bertz CT molecular complexity index is 493. The highest BCUT2D eigenvalue weighted by molar-refractivity contribution is 5.27. The fourth-order valence-corrected chi connectivity index (χ4v) is 4.19. The Morgan fingerprint density at radius 1 is 0.889 bits per heavy atom. The van der Waals surface area contributed by atoms with Gasteiger partial charge in [-0.15, -0.1) is 0 Å². The number of unbranched alkanes of at least 4 members (excludes halogenated alkanes) is 4. The van der Waals surface area contributed by atoms with Crippen LogP contribution in [0.5, 0.6) is 5.75 Å². The molecule has 1 aliphatic carbocycles. The molecule has 1 saturated carbocycles. The highest BCUT2D eigenvalue weighted by Crippen LogP contribution is 2.32. The van der Waals surface area contributed by atoms with Crippen molar-refractivity contribution < 1.29 is 4.74 Å². The maximum absolute atomic E-state index is 5.79. The number of ether oxygens (including phenoxy) is 1. The maximum atomic E-state index is 5.79. The molecule has 1 heteroatoms. The molecule has 0 radical (unpaired) electrons. The topological polar surface area (TPSA) is 9.23 Å². The van der Waals surface area contributed by atoms with Gasteiger partial charge in [-0.25, -0.2) is 0 Å². The third-order valence-corrected chi connectivity index (χ3v) is 6.06. The average molecular weight is 371 g/mol. The van der Waals surface area contributed by atoms with Crippen LogP contribution in [0.2, 0.25) is 0 Å². The Morgan fingerprint density at radius 2 is 1.59 bits per heavy atom. The van der Waals surface area contributed by atoms with Gasteiger partial charge in [0.05, 0.1) is 6.61 Å². The lowest BCUT2D eigenvalue weighted by Gasteiger charge is -2.26. The van der Waals surface area contributed by atoms with Crippen LogP contribution in [0.4, 0.5) is 0 Å². The fourth-order valence-electron chi connectivity index (χ4n) is 4.19. The van der Waals surface area contributed by atoms with E-state index in [9.17, 15) is 0 Å². The van der Waals surface area contributed by atoms with Crippen LogP contribution < -0.4 is 4.74 Å². The molecular weight excluding hydrogens is 328 g/mol. The van der Waals surface area contributed by atoms with Crippen LogP contribution >= 0.6 is 0 Å². The first kappa shape index (κ1) is 22.1. The average Bonchev–Trinajstić information content (AvgIpc) is 2.71. The van der Waals surface area contributed by atoms with E-state index in [2.05, 4.69) is 50.3 Å². The zero-order valence-electron chi connectivity index (χ0n) is 17.9. The first-order valence-corrected chi connectivity index (χ1v) is 11.7. The normalized spacial score (nSPS) is 20.2. The molecule has 0 aliphatic heterocycles. The van der Waals surface area contributed by atoms with Gasteiger partial charge in [0.25, 0.3) is 0 Å². The molecule has 1 aliphatic rings. The summed E-state index contributed by atoms with van der Waals surface area (Å²) in [6.45, 7) is 5.37. The van der Waals surface area contributed by atoms with E-state index in [0.717, 1.165) is 43.5 Å². The third kappa shape index (κ3) is 9.49. The van der Waals surface area contributed by atoms with Crippen LogP contribution in [0.25, 0.3) is 0 Å². The van der Waals surface area contributed by atoms with E-state index in [4.69, 9.17) is 4.74 Å². The van der Waals surface area contributed by atoms with E-state index in [1.54, 1.807) is 0 Å². The summed E-state index contributed by atoms with van der Waals surface area (Å²) in [5, 5.41) is 0. The maximum Gasteiger partial charge on any atom is 0.119 e. The van der Waals surface area contributed by atoms with Gasteiger partial charge in [0.1, 0.15) is 5.75 Å². The molecule has 2 rings (SSSR count). The van der Waals surface area contributed by atoms with Crippen LogP contribution in [0.1, 0.15) is 96.5 Å². The number of hydrogen-bond acceptors (Lipinski definition) is 1. The molecule has 0 N–H and O–H groups in total. The lowest BCUT2D eigenvalue weighted by atomic mass is 9.79. The van der Waals surface area contributed by atoms with Crippen LogP contribution in [-0.4, -0.2) is 6.61 Å². The molecular formula is C26H42O. The summed E-state index contributed by atoms with van der Waals surface area (Å²) in [7, 11) is 0. The summed E-state index contributed by atoms with van der Waals surface area (Å²) < 4.78 is 5.79. The van der Waals surface area contributed by atoms with Crippen LogP contribution in [0.3, 0.4) is 0 Å². The quantitative estimate of drug-likeness (QED) is 0.251. The van der Waals surface area contributed by atoms with Gasteiger partial charge < -0.3 is 4.74 Å². The van der Waals surface area contributed by atoms with Crippen molar-refractivity contribution in [2.45, 2.75) is 97.3 Å². The van der Waals surface area contributed by atoms with Crippen LogP contribution in [0, 0.1) is 11.8 Å². The standard InChI is InChI=1S/C26H42O/c1-3-5-7-11-23-14-16-24(17-15-23)12-8-9-13-25-18-20-26(21-19-25)27-22-10-6-4-2/h8,12,18-21,23-24H,3-7,9-11,13-17,22H2,1-2H3. The summed E-state index contributed by atoms with van der Waals surface area (Å²) in [4.78, 5) is 0. The van der Waals surface area contributed by atoms with Crippen molar-refractivity contribution in [2.75, 3.05) is 6.61 Å². The minimum absolute atomic E-state index is 0.839. The van der Waals surface area contributed by atoms with E-state index < -0.39 is 0 Å². The molecule has 0 unspecified atom stereocenters. The number of benzene rings is 1. The van der Waals surface area contributed by atoms with Gasteiger partial charge in [-0.3, -0.25) is 0 Å². The van der Waals surface area contributed by atoms with Crippen molar-refractivity contribution >= 4 is 0 Å². The fraction of sp³-hybridized carbons (Fsp3) is 0.692. The van der Waals surface area contributed by atoms with Crippen LogP contribution in [-0.2, 0) is 6.42 Å². The zero-order valence-corrected chi connectivity index (χ0v) is 17.9. The Kier molecular flexibility index (Phi) is 11.3. The summed E-state index contributed by atoms with van der Waals surface area (Å²) in [5.41, 5.74) is 1.42. The second kappa shape index (κ2) is 13.9. The molecule has 1 aromatic carbocycles. The minimum Gasteiger partial charge on any atom is -0.494 e. The Balaban J connectivity index is 1.58. The Labute approximate surface area is 168 Å². The molecule has 1 aromatic rings. The number of hydrogen-bond donors (Lipinski definition) is 0. The highest BCUT2D eigenvalue weighted by atomic mass is 16.5. The van der Waals surface area contributed by atoms with Crippen molar-refractivity contribution in [3.63, 3.8) is 0 Å². The minimum atomic E-state index is 0.839. The SMILES string of the molecule is CCCCCOc1ccc(CCC=CC2CCC(CCCCC)CC2)cc1. The summed E-state index contributed by atoms with van der Waals surface area (Å²) in [6, 6.07) is 8.71. The van der Waals surface area contributed by atoms with E-state index in [0.29, 0.717) is 0 Å². The molecule has 0 bridgehead atoms. The monoisotopic (exact) mass is 370 g/mol. The number of rotatable bonds is 13. The smallest absolute Gasteiger partial charge is 0.119 e. The second-order valence-corrected chi connectivity index (χ2v) is 8.44. The molecule has 0 spiro atoms. The largest absolute Gasteiger partial charge is 0.494 e. The van der Waals surface area contributed by atoms with Crippen molar-refractivity contribution in [3.8, 4) is 5.75 Å². The second-order valence-electron chi connectivity index (χ2n) is 8.44.